The summed E-state index contributed by atoms with van der Waals surface area (Å²) in [7, 11) is 0. The zero-order valence-corrected chi connectivity index (χ0v) is 27.9. The Bertz CT molecular complexity index is 1420. The third-order valence-electron chi connectivity index (χ3n) is 8.70. The van der Waals surface area contributed by atoms with E-state index in [0.29, 0.717) is 43.4 Å². The number of nitrogens with zero attached hydrogens (tertiary/aromatic N) is 2. The van der Waals surface area contributed by atoms with E-state index >= 15 is 0 Å². The lowest BCUT2D eigenvalue weighted by atomic mass is 9.95. The fourth-order valence-corrected chi connectivity index (χ4v) is 6.29. The molecule has 46 heavy (non-hydrogen) atoms. The molecule has 0 spiro atoms. The molecule has 246 valence electrons. The van der Waals surface area contributed by atoms with Crippen LogP contribution < -0.4 is 20.9 Å². The molecule has 3 N–H and O–H groups in total. The van der Waals surface area contributed by atoms with E-state index in [2.05, 4.69) is 71.1 Å². The van der Waals surface area contributed by atoms with Crippen LogP contribution in [0.1, 0.15) is 42.5 Å². The van der Waals surface area contributed by atoms with Gasteiger partial charge in [-0.15, -0.1) is 0 Å². The highest BCUT2D eigenvalue weighted by Gasteiger charge is 2.32. The van der Waals surface area contributed by atoms with Gasteiger partial charge in [0.25, 0.3) is 0 Å². The van der Waals surface area contributed by atoms with E-state index in [4.69, 9.17) is 16.3 Å². The van der Waals surface area contributed by atoms with E-state index in [-0.39, 0.29) is 17.9 Å². The van der Waals surface area contributed by atoms with Crippen molar-refractivity contribution in [2.45, 2.75) is 58.3 Å². The van der Waals surface area contributed by atoms with E-state index < -0.39 is 6.04 Å². The first-order valence-electron chi connectivity index (χ1n) is 16.6. The van der Waals surface area contributed by atoms with Gasteiger partial charge in [0.15, 0.2) is 0 Å². The van der Waals surface area contributed by atoms with E-state index in [1.165, 1.54) is 22.4 Å². The summed E-state index contributed by atoms with van der Waals surface area (Å²) in [5.41, 5.74) is 5.79. The summed E-state index contributed by atoms with van der Waals surface area (Å²) in [6.07, 6.45) is 1.98. The number of para-hydroxylation sites is 1. The van der Waals surface area contributed by atoms with Gasteiger partial charge in [-0.25, -0.2) is 0 Å². The zero-order chi connectivity index (χ0) is 32.3. The minimum absolute atomic E-state index is 0.0474. The van der Waals surface area contributed by atoms with Crippen molar-refractivity contribution < 1.29 is 14.3 Å². The summed E-state index contributed by atoms with van der Waals surface area (Å²) >= 11 is 6.13. The van der Waals surface area contributed by atoms with Crippen molar-refractivity contribution in [1.29, 1.82) is 0 Å². The van der Waals surface area contributed by atoms with E-state index in [1.54, 1.807) is 0 Å². The Labute approximate surface area is 278 Å². The number of piperazine rings is 1. The number of hydrogen-bond acceptors (Lipinski definition) is 6. The molecule has 3 aromatic rings. The average molecular weight is 646 g/mol. The van der Waals surface area contributed by atoms with Gasteiger partial charge in [-0.05, 0) is 65.8 Å². The van der Waals surface area contributed by atoms with Gasteiger partial charge in [0, 0.05) is 69.6 Å². The van der Waals surface area contributed by atoms with E-state index in [9.17, 15) is 9.59 Å². The van der Waals surface area contributed by atoms with Crippen LogP contribution in [0.25, 0.3) is 0 Å². The number of hydrogen-bond donors (Lipinski definition) is 3. The molecular weight excluding hydrogens is 598 g/mol. The molecule has 3 aromatic carbocycles. The highest BCUT2D eigenvalue weighted by molar-refractivity contribution is 6.30. The SMILES string of the molecule is CC(C)COCCCNCc1ccccc1N1CCN(C(=O)[C@@H](Cc2ccc(Cl)cc2)NC(=O)[C@H]2Cc3ccccc3CN2)CC1. The van der Waals surface area contributed by atoms with Gasteiger partial charge in [0.1, 0.15) is 6.04 Å². The van der Waals surface area contributed by atoms with Gasteiger partial charge in [-0.3, -0.25) is 9.59 Å². The van der Waals surface area contributed by atoms with Crippen LogP contribution in [0.5, 0.6) is 0 Å². The molecule has 9 heteroatoms. The smallest absolute Gasteiger partial charge is 0.245 e. The zero-order valence-electron chi connectivity index (χ0n) is 27.1. The quantitative estimate of drug-likeness (QED) is 0.223. The predicted molar refractivity (Wildman–Crippen MR) is 185 cm³/mol. The lowest BCUT2D eigenvalue weighted by molar-refractivity contribution is -0.137. The summed E-state index contributed by atoms with van der Waals surface area (Å²) in [6.45, 7) is 10.9. The average Bonchev–Trinajstić information content (AvgIpc) is 3.08. The molecule has 2 aliphatic heterocycles. The lowest BCUT2D eigenvalue weighted by Crippen LogP contribution is -2.58. The number of amides is 2. The number of fused-ring (bicyclic) bond motifs is 1. The van der Waals surface area contributed by atoms with Crippen LogP contribution in [-0.4, -0.2) is 74.7 Å². The van der Waals surface area contributed by atoms with Crippen LogP contribution >= 0.6 is 11.6 Å². The fraction of sp³-hybridized carbons (Fsp3) is 0.459. The van der Waals surface area contributed by atoms with Gasteiger partial charge < -0.3 is 30.5 Å². The molecule has 1 fully saturated rings. The molecule has 2 atom stereocenters. The molecule has 0 saturated carbocycles. The maximum absolute atomic E-state index is 14.0. The molecule has 0 aromatic heterocycles. The number of carbonyl (C=O) groups excluding carboxylic acids is 2. The summed E-state index contributed by atoms with van der Waals surface area (Å²) < 4.78 is 5.70. The molecule has 5 rings (SSSR count). The third-order valence-corrected chi connectivity index (χ3v) is 8.95. The number of anilines is 1. The second kappa shape index (κ2) is 16.9. The Morgan fingerprint density at radius 3 is 2.43 bits per heavy atom. The number of carbonyl (C=O) groups is 2. The number of benzene rings is 3. The van der Waals surface area contributed by atoms with Crippen molar-refractivity contribution in [3.05, 3.63) is 100 Å². The van der Waals surface area contributed by atoms with Crippen molar-refractivity contribution in [3.63, 3.8) is 0 Å². The topological polar surface area (TPSA) is 85.9 Å². The normalized spacial score (nSPS) is 17.1. The molecule has 1 saturated heterocycles. The fourth-order valence-electron chi connectivity index (χ4n) is 6.17. The van der Waals surface area contributed by atoms with Crippen LogP contribution in [0.15, 0.2) is 72.8 Å². The Morgan fingerprint density at radius 2 is 1.67 bits per heavy atom. The molecule has 0 radical (unpaired) electrons. The van der Waals surface area contributed by atoms with Crippen LogP contribution in [0.2, 0.25) is 5.02 Å². The number of ether oxygens (including phenoxy) is 1. The highest BCUT2D eigenvalue weighted by Crippen LogP contribution is 2.23. The van der Waals surface area contributed by atoms with Crippen LogP contribution in [0, 0.1) is 5.92 Å². The first-order valence-corrected chi connectivity index (χ1v) is 17.0. The number of nitrogens with one attached hydrogen (secondary N) is 3. The third kappa shape index (κ3) is 9.55. The van der Waals surface area contributed by atoms with Gasteiger partial charge >= 0.3 is 0 Å². The summed E-state index contributed by atoms with van der Waals surface area (Å²) in [5, 5.41) is 10.7. The van der Waals surface area contributed by atoms with Crippen LogP contribution in [0.4, 0.5) is 5.69 Å². The monoisotopic (exact) mass is 645 g/mol. The molecule has 2 amide bonds. The molecular formula is C37H48ClN5O3. The lowest BCUT2D eigenvalue weighted by Gasteiger charge is -2.38. The maximum atomic E-state index is 14.0. The second-order valence-electron chi connectivity index (χ2n) is 12.7. The summed E-state index contributed by atoms with van der Waals surface area (Å²) in [4.78, 5) is 31.8. The second-order valence-corrected chi connectivity index (χ2v) is 13.2. The molecule has 0 bridgehead atoms. The minimum Gasteiger partial charge on any atom is -0.381 e. The van der Waals surface area contributed by atoms with Gasteiger partial charge in [0.2, 0.25) is 11.8 Å². The Kier molecular flexibility index (Phi) is 12.5. The van der Waals surface area contributed by atoms with Crippen molar-refractivity contribution in [1.82, 2.24) is 20.9 Å². The van der Waals surface area contributed by atoms with E-state index in [0.717, 1.165) is 51.4 Å². The predicted octanol–water partition coefficient (Wildman–Crippen LogP) is 4.58. The largest absolute Gasteiger partial charge is 0.381 e. The Hall–Kier alpha value is -3.43. The van der Waals surface area contributed by atoms with E-state index in [1.807, 2.05) is 41.3 Å². The van der Waals surface area contributed by atoms with Crippen molar-refractivity contribution in [3.8, 4) is 0 Å². The van der Waals surface area contributed by atoms with Gasteiger partial charge in [0.05, 0.1) is 6.04 Å². The van der Waals surface area contributed by atoms with Crippen LogP contribution in [0.3, 0.4) is 0 Å². The maximum Gasteiger partial charge on any atom is 0.245 e. The number of halogens is 1. The highest BCUT2D eigenvalue weighted by atomic mass is 35.5. The number of rotatable bonds is 14. The first kappa shape index (κ1) is 33.9. The van der Waals surface area contributed by atoms with Crippen molar-refractivity contribution in [2.24, 2.45) is 5.92 Å². The molecule has 0 unspecified atom stereocenters. The summed E-state index contributed by atoms with van der Waals surface area (Å²) in [5.74, 6) is 0.364. The molecule has 8 nitrogen and oxygen atoms in total. The van der Waals surface area contributed by atoms with Crippen molar-refractivity contribution in [2.75, 3.05) is 50.8 Å². The van der Waals surface area contributed by atoms with Gasteiger partial charge in [-0.2, -0.15) is 0 Å². The standard InChI is InChI=1S/C37H48ClN5O3/c1-27(2)26-46-21-7-16-39-24-31-10-5-6-11-35(31)42-17-19-43(20-18-42)37(45)34(22-28-12-14-32(38)15-13-28)41-36(44)33-23-29-8-3-4-9-30(29)25-40-33/h3-6,8-15,27,33-34,39-40H,7,16-26H2,1-2H3,(H,41,44)/t33-,34-/m1/s1. The summed E-state index contributed by atoms with van der Waals surface area (Å²) in [6, 6.07) is 23.1. The Morgan fingerprint density at radius 1 is 0.957 bits per heavy atom. The van der Waals surface area contributed by atoms with Gasteiger partial charge in [-0.1, -0.05) is 80.0 Å². The Balaban J connectivity index is 1.18. The first-order chi connectivity index (χ1) is 22.4. The molecule has 2 aliphatic rings. The molecule has 0 aliphatic carbocycles. The van der Waals surface area contributed by atoms with Crippen LogP contribution in [-0.2, 0) is 40.3 Å². The minimum atomic E-state index is -0.666. The molecule has 2 heterocycles. The van der Waals surface area contributed by atoms with Crippen molar-refractivity contribution >= 4 is 29.1 Å².